The van der Waals surface area contributed by atoms with Crippen LogP contribution in [0.25, 0.3) is 0 Å². The van der Waals surface area contributed by atoms with Crippen molar-refractivity contribution in [3.05, 3.63) is 47.5 Å². The van der Waals surface area contributed by atoms with Crippen molar-refractivity contribution in [1.82, 2.24) is 14.8 Å². The fraction of sp³-hybridized carbons (Fsp3) is 0.467. The van der Waals surface area contributed by atoms with Gasteiger partial charge in [0, 0.05) is 12.5 Å². The van der Waals surface area contributed by atoms with Gasteiger partial charge >= 0.3 is 0 Å². The molecule has 2 rings (SSSR count). The monoisotopic (exact) mass is 259 g/mol. The van der Waals surface area contributed by atoms with E-state index in [0.29, 0.717) is 6.42 Å². The van der Waals surface area contributed by atoms with Crippen LogP contribution in [0.4, 0.5) is 0 Å². The first-order valence-electron chi connectivity index (χ1n) is 6.77. The highest BCUT2D eigenvalue weighted by atomic mass is 16.3. The number of aromatic nitrogens is 3. The molecule has 0 spiro atoms. The molecule has 0 bridgehead atoms. The summed E-state index contributed by atoms with van der Waals surface area (Å²) in [5.74, 6) is 0.827. The summed E-state index contributed by atoms with van der Waals surface area (Å²) in [5, 5.41) is 14.6. The molecular formula is C15H21N3O. The van der Waals surface area contributed by atoms with Gasteiger partial charge in [-0.25, -0.2) is 9.67 Å². The standard InChI is InChI=1S/C15H21N3O/c1-4-12-7-5-6-8-13(12)14(19)9-15-16-10-17-18(15)11(2)3/h5-8,10-11,14,19H,4,9H2,1-3H3. The first-order valence-corrected chi connectivity index (χ1v) is 6.77. The predicted molar refractivity (Wildman–Crippen MR) is 74.9 cm³/mol. The van der Waals surface area contributed by atoms with E-state index in [4.69, 9.17) is 0 Å². The minimum absolute atomic E-state index is 0.256. The first kappa shape index (κ1) is 13.7. The van der Waals surface area contributed by atoms with E-state index in [2.05, 4.69) is 36.9 Å². The maximum Gasteiger partial charge on any atom is 0.138 e. The molecule has 0 amide bonds. The van der Waals surface area contributed by atoms with E-state index in [1.54, 1.807) is 6.33 Å². The summed E-state index contributed by atoms with van der Waals surface area (Å²) >= 11 is 0. The Bertz CT molecular complexity index is 534. The number of aliphatic hydroxyl groups excluding tert-OH is 1. The van der Waals surface area contributed by atoms with Gasteiger partial charge < -0.3 is 5.11 Å². The Morgan fingerprint density at radius 1 is 1.26 bits per heavy atom. The predicted octanol–water partition coefficient (Wildman–Crippen LogP) is 2.70. The van der Waals surface area contributed by atoms with E-state index >= 15 is 0 Å². The van der Waals surface area contributed by atoms with Crippen LogP contribution in [-0.2, 0) is 12.8 Å². The lowest BCUT2D eigenvalue weighted by molar-refractivity contribution is 0.172. The highest BCUT2D eigenvalue weighted by Crippen LogP contribution is 2.22. The molecule has 0 fully saturated rings. The Labute approximate surface area is 114 Å². The second-order valence-corrected chi connectivity index (χ2v) is 4.99. The molecule has 19 heavy (non-hydrogen) atoms. The summed E-state index contributed by atoms with van der Waals surface area (Å²) in [6.07, 6.45) is 2.44. The highest BCUT2D eigenvalue weighted by molar-refractivity contribution is 5.29. The highest BCUT2D eigenvalue weighted by Gasteiger charge is 2.16. The summed E-state index contributed by atoms with van der Waals surface area (Å²) in [7, 11) is 0. The van der Waals surface area contributed by atoms with Gasteiger partial charge in [-0.05, 0) is 31.4 Å². The number of rotatable bonds is 5. The Morgan fingerprint density at radius 2 is 2.00 bits per heavy atom. The number of hydrogen-bond donors (Lipinski definition) is 1. The third kappa shape index (κ3) is 3.01. The Hall–Kier alpha value is -1.68. The zero-order valence-electron chi connectivity index (χ0n) is 11.7. The van der Waals surface area contributed by atoms with Crippen LogP contribution in [-0.4, -0.2) is 19.9 Å². The summed E-state index contributed by atoms with van der Waals surface area (Å²) in [5.41, 5.74) is 2.17. The smallest absolute Gasteiger partial charge is 0.138 e. The number of nitrogens with zero attached hydrogens (tertiary/aromatic N) is 3. The van der Waals surface area contributed by atoms with E-state index in [1.807, 2.05) is 22.9 Å². The molecule has 0 saturated heterocycles. The van der Waals surface area contributed by atoms with Gasteiger partial charge in [-0.3, -0.25) is 0 Å². The number of aliphatic hydroxyl groups is 1. The van der Waals surface area contributed by atoms with Crippen LogP contribution in [0.15, 0.2) is 30.6 Å². The van der Waals surface area contributed by atoms with Crippen LogP contribution in [0.2, 0.25) is 0 Å². The lowest BCUT2D eigenvalue weighted by Gasteiger charge is -2.16. The lowest BCUT2D eigenvalue weighted by Crippen LogP contribution is -2.13. The van der Waals surface area contributed by atoms with Gasteiger partial charge in [0.2, 0.25) is 0 Å². The molecule has 0 saturated carbocycles. The quantitative estimate of drug-likeness (QED) is 0.898. The molecule has 102 valence electrons. The van der Waals surface area contributed by atoms with E-state index < -0.39 is 6.10 Å². The largest absolute Gasteiger partial charge is 0.388 e. The lowest BCUT2D eigenvalue weighted by atomic mass is 9.98. The van der Waals surface area contributed by atoms with E-state index in [9.17, 15) is 5.11 Å². The third-order valence-electron chi connectivity index (χ3n) is 3.31. The maximum absolute atomic E-state index is 10.4. The fourth-order valence-corrected chi connectivity index (χ4v) is 2.32. The first-order chi connectivity index (χ1) is 9.13. The number of aryl methyl sites for hydroxylation is 1. The van der Waals surface area contributed by atoms with Crippen LogP contribution in [0, 0.1) is 0 Å². The van der Waals surface area contributed by atoms with Crippen molar-refractivity contribution >= 4 is 0 Å². The van der Waals surface area contributed by atoms with Gasteiger partial charge in [-0.2, -0.15) is 5.10 Å². The average Bonchev–Trinajstić information content (AvgIpc) is 2.87. The van der Waals surface area contributed by atoms with Gasteiger partial charge in [0.05, 0.1) is 6.10 Å². The van der Waals surface area contributed by atoms with Gasteiger partial charge in [0.15, 0.2) is 0 Å². The van der Waals surface area contributed by atoms with E-state index in [0.717, 1.165) is 17.8 Å². The Kier molecular flexibility index (Phi) is 4.32. The van der Waals surface area contributed by atoms with Crippen molar-refractivity contribution in [1.29, 1.82) is 0 Å². The molecule has 0 radical (unpaired) electrons. The normalized spacial score (nSPS) is 12.9. The molecule has 0 aliphatic rings. The molecule has 2 aromatic rings. The molecule has 1 aromatic carbocycles. The van der Waals surface area contributed by atoms with Crippen LogP contribution >= 0.6 is 0 Å². The zero-order valence-corrected chi connectivity index (χ0v) is 11.7. The molecule has 1 heterocycles. The molecule has 4 heteroatoms. The maximum atomic E-state index is 10.4. The second-order valence-electron chi connectivity index (χ2n) is 4.99. The Balaban J connectivity index is 2.21. The zero-order chi connectivity index (χ0) is 13.8. The van der Waals surface area contributed by atoms with Crippen LogP contribution in [0.1, 0.15) is 49.9 Å². The van der Waals surface area contributed by atoms with Crippen LogP contribution < -0.4 is 0 Å². The third-order valence-corrected chi connectivity index (χ3v) is 3.31. The minimum Gasteiger partial charge on any atom is -0.388 e. The fourth-order valence-electron chi connectivity index (χ4n) is 2.32. The number of hydrogen-bond acceptors (Lipinski definition) is 3. The summed E-state index contributed by atoms with van der Waals surface area (Å²) in [4.78, 5) is 4.25. The van der Waals surface area contributed by atoms with Crippen molar-refractivity contribution in [2.75, 3.05) is 0 Å². The summed E-state index contributed by atoms with van der Waals surface area (Å²) in [6.45, 7) is 6.22. The van der Waals surface area contributed by atoms with Gasteiger partial charge in [0.25, 0.3) is 0 Å². The molecule has 1 N–H and O–H groups in total. The van der Waals surface area contributed by atoms with Crippen molar-refractivity contribution in [2.24, 2.45) is 0 Å². The van der Waals surface area contributed by atoms with Gasteiger partial charge in [0.1, 0.15) is 12.2 Å². The van der Waals surface area contributed by atoms with Crippen molar-refractivity contribution < 1.29 is 5.11 Å². The van der Waals surface area contributed by atoms with Crippen LogP contribution in [0.3, 0.4) is 0 Å². The van der Waals surface area contributed by atoms with E-state index in [-0.39, 0.29) is 6.04 Å². The molecule has 1 unspecified atom stereocenters. The molecule has 1 aromatic heterocycles. The molecular weight excluding hydrogens is 238 g/mol. The minimum atomic E-state index is -0.530. The summed E-state index contributed by atoms with van der Waals surface area (Å²) < 4.78 is 1.86. The Morgan fingerprint density at radius 3 is 2.68 bits per heavy atom. The summed E-state index contributed by atoms with van der Waals surface area (Å²) in [6, 6.07) is 8.27. The van der Waals surface area contributed by atoms with Gasteiger partial charge in [-0.15, -0.1) is 0 Å². The SMILES string of the molecule is CCc1ccccc1C(O)Cc1ncnn1C(C)C. The average molecular weight is 259 g/mol. The molecule has 0 aliphatic heterocycles. The van der Waals surface area contributed by atoms with Crippen molar-refractivity contribution in [3.63, 3.8) is 0 Å². The topological polar surface area (TPSA) is 50.9 Å². The molecule has 1 atom stereocenters. The number of benzene rings is 1. The van der Waals surface area contributed by atoms with E-state index in [1.165, 1.54) is 5.56 Å². The molecule has 4 nitrogen and oxygen atoms in total. The van der Waals surface area contributed by atoms with Crippen molar-refractivity contribution in [2.45, 2.75) is 45.8 Å². The second kappa shape index (κ2) is 5.97. The van der Waals surface area contributed by atoms with Crippen LogP contribution in [0.5, 0.6) is 0 Å². The van der Waals surface area contributed by atoms with Gasteiger partial charge in [-0.1, -0.05) is 31.2 Å². The van der Waals surface area contributed by atoms with Crippen molar-refractivity contribution in [3.8, 4) is 0 Å². The molecule has 0 aliphatic carbocycles.